The molecule has 7 heteroatoms. The van der Waals surface area contributed by atoms with Gasteiger partial charge in [-0.1, -0.05) is 6.92 Å². The molecule has 0 N–H and O–H groups in total. The summed E-state index contributed by atoms with van der Waals surface area (Å²) in [7, 11) is -3.50. The number of sulfonamides is 1. The van der Waals surface area contributed by atoms with Gasteiger partial charge >= 0.3 is 5.97 Å². The SMILES string of the molecule is CCCN1CCN(S(=O)(=O)c2ccc(C(=O)OCC)cc2)CC1. The van der Waals surface area contributed by atoms with Crippen LogP contribution in [0.2, 0.25) is 0 Å². The Kier molecular flexibility index (Phi) is 6.15. The van der Waals surface area contributed by atoms with Gasteiger partial charge in [0.15, 0.2) is 0 Å². The van der Waals surface area contributed by atoms with Gasteiger partial charge in [-0.25, -0.2) is 13.2 Å². The number of esters is 1. The Hall–Kier alpha value is -1.44. The van der Waals surface area contributed by atoms with Gasteiger partial charge in [-0.15, -0.1) is 0 Å². The van der Waals surface area contributed by atoms with E-state index in [1.165, 1.54) is 28.6 Å². The summed E-state index contributed by atoms with van der Waals surface area (Å²) < 4.78 is 31.7. The minimum Gasteiger partial charge on any atom is -0.462 e. The van der Waals surface area contributed by atoms with Gasteiger partial charge in [0, 0.05) is 26.2 Å². The predicted molar refractivity (Wildman–Crippen MR) is 87.9 cm³/mol. The molecule has 1 heterocycles. The number of rotatable bonds is 6. The third-order valence-electron chi connectivity index (χ3n) is 3.87. The molecule has 1 aromatic rings. The minimum absolute atomic E-state index is 0.217. The fraction of sp³-hybridized carbons (Fsp3) is 0.562. The standard InChI is InChI=1S/C16H24N2O4S/c1-3-9-17-10-12-18(13-11-17)23(20,21)15-7-5-14(6-8-15)16(19)22-4-2/h5-8H,3-4,9-13H2,1-2H3. The van der Waals surface area contributed by atoms with Crippen LogP contribution >= 0.6 is 0 Å². The Morgan fingerprint density at radius 1 is 1.09 bits per heavy atom. The molecular formula is C16H24N2O4S. The first-order valence-electron chi connectivity index (χ1n) is 7.98. The van der Waals surface area contributed by atoms with Crippen molar-refractivity contribution < 1.29 is 17.9 Å². The number of benzene rings is 1. The summed E-state index contributed by atoms with van der Waals surface area (Å²) in [5.41, 5.74) is 0.360. The van der Waals surface area contributed by atoms with Crippen LogP contribution in [-0.2, 0) is 14.8 Å². The zero-order chi connectivity index (χ0) is 16.9. The number of hydrogen-bond acceptors (Lipinski definition) is 5. The van der Waals surface area contributed by atoms with Gasteiger partial charge in [0.25, 0.3) is 0 Å². The monoisotopic (exact) mass is 340 g/mol. The summed E-state index contributed by atoms with van der Waals surface area (Å²) in [6.45, 7) is 7.66. The van der Waals surface area contributed by atoms with E-state index in [-0.39, 0.29) is 4.90 Å². The van der Waals surface area contributed by atoms with Crippen LogP contribution in [0.25, 0.3) is 0 Å². The van der Waals surface area contributed by atoms with Gasteiger partial charge < -0.3 is 9.64 Å². The molecule has 1 aliphatic heterocycles. The number of ether oxygens (including phenoxy) is 1. The van der Waals surface area contributed by atoms with E-state index >= 15 is 0 Å². The molecule has 0 aliphatic carbocycles. The molecule has 128 valence electrons. The Balaban J connectivity index is 2.07. The summed E-state index contributed by atoms with van der Waals surface area (Å²) in [6.07, 6.45) is 1.07. The second-order valence-electron chi connectivity index (χ2n) is 5.49. The van der Waals surface area contributed by atoms with Gasteiger partial charge in [0.1, 0.15) is 0 Å². The molecule has 1 saturated heterocycles. The van der Waals surface area contributed by atoms with E-state index in [2.05, 4.69) is 11.8 Å². The minimum atomic E-state index is -3.50. The number of nitrogens with zero attached hydrogens (tertiary/aromatic N) is 2. The van der Waals surface area contributed by atoms with Crippen LogP contribution in [0.1, 0.15) is 30.6 Å². The maximum atomic E-state index is 12.6. The highest BCUT2D eigenvalue weighted by Gasteiger charge is 2.28. The first kappa shape index (κ1) is 17.9. The molecule has 6 nitrogen and oxygen atoms in total. The Bertz CT molecular complexity index is 620. The maximum Gasteiger partial charge on any atom is 0.338 e. The predicted octanol–water partition coefficient (Wildman–Crippen LogP) is 1.58. The zero-order valence-electron chi connectivity index (χ0n) is 13.7. The first-order valence-corrected chi connectivity index (χ1v) is 9.42. The molecule has 0 saturated carbocycles. The van der Waals surface area contributed by atoms with Crippen molar-refractivity contribution in [3.8, 4) is 0 Å². The van der Waals surface area contributed by atoms with Gasteiger partial charge in [-0.3, -0.25) is 0 Å². The first-order chi connectivity index (χ1) is 11.0. The van der Waals surface area contributed by atoms with Crippen molar-refractivity contribution in [2.24, 2.45) is 0 Å². The summed E-state index contributed by atoms with van der Waals surface area (Å²) in [5, 5.41) is 0. The number of carbonyl (C=O) groups is 1. The van der Waals surface area contributed by atoms with Crippen molar-refractivity contribution in [3.05, 3.63) is 29.8 Å². The van der Waals surface area contributed by atoms with Crippen LogP contribution in [0.3, 0.4) is 0 Å². The second-order valence-corrected chi connectivity index (χ2v) is 7.43. The topological polar surface area (TPSA) is 66.9 Å². The highest BCUT2D eigenvalue weighted by atomic mass is 32.2. The molecule has 2 rings (SSSR count). The number of hydrogen-bond donors (Lipinski definition) is 0. The molecule has 0 unspecified atom stereocenters. The van der Waals surface area contributed by atoms with Crippen LogP contribution in [0.5, 0.6) is 0 Å². The van der Waals surface area contributed by atoms with Crippen LogP contribution in [-0.4, -0.2) is 62.9 Å². The lowest BCUT2D eigenvalue weighted by Crippen LogP contribution is -2.48. The van der Waals surface area contributed by atoms with Crippen LogP contribution in [0, 0.1) is 0 Å². The number of piperazine rings is 1. The zero-order valence-corrected chi connectivity index (χ0v) is 14.5. The molecule has 23 heavy (non-hydrogen) atoms. The highest BCUT2D eigenvalue weighted by Crippen LogP contribution is 2.18. The van der Waals surface area contributed by atoms with E-state index in [1.807, 2.05) is 0 Å². The molecule has 0 bridgehead atoms. The summed E-state index contributed by atoms with van der Waals surface area (Å²) in [6, 6.07) is 5.94. The normalized spacial score (nSPS) is 17.1. The smallest absolute Gasteiger partial charge is 0.338 e. The number of carbonyl (C=O) groups excluding carboxylic acids is 1. The van der Waals surface area contributed by atoms with Gasteiger partial charge in [0.2, 0.25) is 10.0 Å². The fourth-order valence-electron chi connectivity index (χ4n) is 2.64. The molecule has 0 radical (unpaired) electrons. The van der Waals surface area contributed by atoms with E-state index in [0.29, 0.717) is 25.3 Å². The van der Waals surface area contributed by atoms with E-state index in [9.17, 15) is 13.2 Å². The molecular weight excluding hydrogens is 316 g/mol. The highest BCUT2D eigenvalue weighted by molar-refractivity contribution is 7.89. The van der Waals surface area contributed by atoms with E-state index in [0.717, 1.165) is 26.1 Å². The van der Waals surface area contributed by atoms with Crippen molar-refractivity contribution in [1.82, 2.24) is 9.21 Å². The molecule has 0 spiro atoms. The largest absolute Gasteiger partial charge is 0.462 e. The van der Waals surface area contributed by atoms with E-state index < -0.39 is 16.0 Å². The van der Waals surface area contributed by atoms with Gasteiger partial charge in [-0.2, -0.15) is 4.31 Å². The van der Waals surface area contributed by atoms with Crippen molar-refractivity contribution in [3.63, 3.8) is 0 Å². The van der Waals surface area contributed by atoms with Gasteiger partial charge in [0.05, 0.1) is 17.1 Å². The van der Waals surface area contributed by atoms with E-state index in [4.69, 9.17) is 4.74 Å². The lowest BCUT2D eigenvalue weighted by atomic mass is 10.2. The van der Waals surface area contributed by atoms with Crippen molar-refractivity contribution in [2.45, 2.75) is 25.2 Å². The fourth-order valence-corrected chi connectivity index (χ4v) is 4.06. The second kappa shape index (κ2) is 7.90. The van der Waals surface area contributed by atoms with Crippen molar-refractivity contribution in [1.29, 1.82) is 0 Å². The quantitative estimate of drug-likeness (QED) is 0.736. The van der Waals surface area contributed by atoms with Crippen molar-refractivity contribution in [2.75, 3.05) is 39.3 Å². The van der Waals surface area contributed by atoms with Crippen LogP contribution in [0.4, 0.5) is 0 Å². The molecule has 1 aromatic carbocycles. The Morgan fingerprint density at radius 2 is 1.70 bits per heavy atom. The average molecular weight is 340 g/mol. The summed E-state index contributed by atoms with van der Waals surface area (Å²) in [4.78, 5) is 14.1. The van der Waals surface area contributed by atoms with E-state index in [1.54, 1.807) is 6.92 Å². The Labute approximate surface area is 138 Å². The molecule has 1 fully saturated rings. The van der Waals surface area contributed by atoms with Crippen molar-refractivity contribution >= 4 is 16.0 Å². The summed E-state index contributed by atoms with van der Waals surface area (Å²) in [5.74, 6) is -0.440. The van der Waals surface area contributed by atoms with Gasteiger partial charge in [-0.05, 0) is 44.2 Å². The van der Waals surface area contributed by atoms with Crippen LogP contribution < -0.4 is 0 Å². The molecule has 0 atom stereocenters. The lowest BCUT2D eigenvalue weighted by molar-refractivity contribution is 0.0526. The average Bonchev–Trinajstić information content (AvgIpc) is 2.56. The molecule has 0 aromatic heterocycles. The summed E-state index contributed by atoms with van der Waals surface area (Å²) >= 11 is 0. The molecule has 0 amide bonds. The molecule has 1 aliphatic rings. The third kappa shape index (κ3) is 4.31. The Morgan fingerprint density at radius 3 is 2.22 bits per heavy atom. The lowest BCUT2D eigenvalue weighted by Gasteiger charge is -2.33. The third-order valence-corrected chi connectivity index (χ3v) is 5.79. The van der Waals surface area contributed by atoms with Crippen LogP contribution in [0.15, 0.2) is 29.2 Å². The maximum absolute atomic E-state index is 12.6.